The van der Waals surface area contributed by atoms with Gasteiger partial charge in [-0.15, -0.1) is 0 Å². The zero-order valence-corrected chi connectivity index (χ0v) is 8.72. The van der Waals surface area contributed by atoms with Crippen LogP contribution in [-0.4, -0.2) is 10.1 Å². The number of hydrogen-bond donors (Lipinski definition) is 1. The van der Waals surface area contributed by atoms with E-state index >= 15 is 0 Å². The summed E-state index contributed by atoms with van der Waals surface area (Å²) < 4.78 is 0. The number of benzene rings is 1. The zero-order chi connectivity index (χ0) is 10.7. The standard InChI is InChI=1S/C12H10ClNO/c13-10-6-7-14-11(8-10)12(15)9-4-2-1-3-5-9/h1-8,12,15H. The van der Waals surface area contributed by atoms with Crippen LogP contribution >= 0.6 is 11.6 Å². The Morgan fingerprint density at radius 1 is 1.13 bits per heavy atom. The molecule has 0 aliphatic carbocycles. The molecule has 2 aromatic rings. The fourth-order valence-corrected chi connectivity index (χ4v) is 1.54. The lowest BCUT2D eigenvalue weighted by molar-refractivity contribution is 0.215. The highest BCUT2D eigenvalue weighted by atomic mass is 35.5. The molecule has 0 saturated carbocycles. The van der Waals surface area contributed by atoms with Crippen molar-refractivity contribution in [1.29, 1.82) is 0 Å². The van der Waals surface area contributed by atoms with Crippen LogP contribution in [0.3, 0.4) is 0 Å². The SMILES string of the molecule is OC(c1ccccc1)c1cc(Cl)ccn1. The van der Waals surface area contributed by atoms with Crippen LogP contribution in [0, 0.1) is 0 Å². The number of aromatic nitrogens is 1. The van der Waals surface area contributed by atoms with E-state index in [1.807, 2.05) is 30.3 Å². The van der Waals surface area contributed by atoms with E-state index in [0.717, 1.165) is 5.56 Å². The van der Waals surface area contributed by atoms with Gasteiger partial charge in [0.05, 0.1) is 5.69 Å². The van der Waals surface area contributed by atoms with E-state index in [1.54, 1.807) is 18.3 Å². The second kappa shape index (κ2) is 4.43. The topological polar surface area (TPSA) is 33.1 Å². The molecule has 0 aliphatic heterocycles. The first-order valence-corrected chi connectivity index (χ1v) is 4.99. The first-order chi connectivity index (χ1) is 7.27. The van der Waals surface area contributed by atoms with Crippen LogP contribution in [0.15, 0.2) is 48.7 Å². The number of aliphatic hydroxyl groups is 1. The molecule has 1 aromatic heterocycles. The summed E-state index contributed by atoms with van der Waals surface area (Å²) in [5.41, 5.74) is 1.38. The molecule has 0 fully saturated rings. The molecular formula is C12H10ClNO. The van der Waals surface area contributed by atoms with Crippen molar-refractivity contribution in [2.45, 2.75) is 6.10 Å². The van der Waals surface area contributed by atoms with Gasteiger partial charge in [0.2, 0.25) is 0 Å². The van der Waals surface area contributed by atoms with Crippen molar-refractivity contribution in [1.82, 2.24) is 4.98 Å². The van der Waals surface area contributed by atoms with E-state index in [0.29, 0.717) is 10.7 Å². The summed E-state index contributed by atoms with van der Waals surface area (Å²) >= 11 is 5.83. The lowest BCUT2D eigenvalue weighted by atomic mass is 10.1. The van der Waals surface area contributed by atoms with Crippen LogP contribution < -0.4 is 0 Å². The van der Waals surface area contributed by atoms with E-state index in [2.05, 4.69) is 4.98 Å². The van der Waals surface area contributed by atoms with E-state index in [4.69, 9.17) is 11.6 Å². The Kier molecular flexibility index (Phi) is 2.99. The molecule has 15 heavy (non-hydrogen) atoms. The van der Waals surface area contributed by atoms with E-state index < -0.39 is 6.10 Å². The Labute approximate surface area is 93.2 Å². The minimum Gasteiger partial charge on any atom is -0.382 e. The third kappa shape index (κ3) is 2.35. The normalized spacial score (nSPS) is 12.4. The van der Waals surface area contributed by atoms with Crippen molar-refractivity contribution in [3.8, 4) is 0 Å². The maximum Gasteiger partial charge on any atom is 0.121 e. The molecule has 1 atom stereocenters. The number of pyridine rings is 1. The molecule has 0 spiro atoms. The monoisotopic (exact) mass is 219 g/mol. The molecule has 2 rings (SSSR count). The third-order valence-corrected chi connectivity index (χ3v) is 2.37. The number of nitrogens with zero attached hydrogens (tertiary/aromatic N) is 1. The summed E-state index contributed by atoms with van der Waals surface area (Å²) in [5.74, 6) is 0. The largest absolute Gasteiger partial charge is 0.382 e. The van der Waals surface area contributed by atoms with Gasteiger partial charge in [-0.25, -0.2) is 0 Å². The molecule has 1 aromatic carbocycles. The van der Waals surface area contributed by atoms with Crippen molar-refractivity contribution in [3.63, 3.8) is 0 Å². The lowest BCUT2D eigenvalue weighted by Gasteiger charge is -2.09. The molecule has 1 unspecified atom stereocenters. The maximum absolute atomic E-state index is 10.00. The number of aliphatic hydroxyl groups excluding tert-OH is 1. The Balaban J connectivity index is 2.32. The fourth-order valence-electron chi connectivity index (χ4n) is 1.38. The van der Waals surface area contributed by atoms with E-state index in [1.165, 1.54) is 0 Å². The van der Waals surface area contributed by atoms with E-state index in [9.17, 15) is 5.11 Å². The molecule has 0 aliphatic rings. The van der Waals surface area contributed by atoms with Gasteiger partial charge in [0.1, 0.15) is 6.10 Å². The van der Waals surface area contributed by atoms with E-state index in [-0.39, 0.29) is 0 Å². The minimum atomic E-state index is -0.718. The zero-order valence-electron chi connectivity index (χ0n) is 7.97. The molecule has 0 radical (unpaired) electrons. The Morgan fingerprint density at radius 3 is 2.53 bits per heavy atom. The average molecular weight is 220 g/mol. The summed E-state index contributed by atoms with van der Waals surface area (Å²) in [4.78, 5) is 4.08. The lowest BCUT2D eigenvalue weighted by Crippen LogP contribution is -2.01. The highest BCUT2D eigenvalue weighted by Gasteiger charge is 2.10. The van der Waals surface area contributed by atoms with Crippen molar-refractivity contribution >= 4 is 11.6 Å². The Bertz CT molecular complexity index is 444. The summed E-state index contributed by atoms with van der Waals surface area (Å²) in [7, 11) is 0. The summed E-state index contributed by atoms with van der Waals surface area (Å²) in [5, 5.41) is 10.6. The molecule has 2 nitrogen and oxygen atoms in total. The third-order valence-electron chi connectivity index (χ3n) is 2.14. The van der Waals surface area contributed by atoms with Gasteiger partial charge in [-0.1, -0.05) is 41.9 Å². The van der Waals surface area contributed by atoms with Gasteiger partial charge in [0, 0.05) is 11.2 Å². The van der Waals surface area contributed by atoms with Crippen molar-refractivity contribution < 1.29 is 5.11 Å². The van der Waals surface area contributed by atoms with Crippen molar-refractivity contribution in [2.75, 3.05) is 0 Å². The average Bonchev–Trinajstić information content (AvgIpc) is 2.29. The van der Waals surface area contributed by atoms with Crippen LogP contribution in [0.2, 0.25) is 5.02 Å². The molecule has 1 heterocycles. The quantitative estimate of drug-likeness (QED) is 0.843. The van der Waals surface area contributed by atoms with Gasteiger partial charge in [0.15, 0.2) is 0 Å². The predicted molar refractivity (Wildman–Crippen MR) is 59.8 cm³/mol. The molecule has 0 saturated heterocycles. The minimum absolute atomic E-state index is 0.564. The van der Waals surface area contributed by atoms with Crippen LogP contribution in [-0.2, 0) is 0 Å². The number of halogens is 1. The highest BCUT2D eigenvalue weighted by molar-refractivity contribution is 6.30. The molecular weight excluding hydrogens is 210 g/mol. The number of hydrogen-bond acceptors (Lipinski definition) is 2. The van der Waals surface area contributed by atoms with Gasteiger partial charge in [-0.05, 0) is 17.7 Å². The summed E-state index contributed by atoms with van der Waals surface area (Å²) in [6.07, 6.45) is 0.869. The van der Waals surface area contributed by atoms with Crippen LogP contribution in [0.25, 0.3) is 0 Å². The maximum atomic E-state index is 10.00. The van der Waals surface area contributed by atoms with Crippen LogP contribution in [0.4, 0.5) is 0 Å². The molecule has 0 bridgehead atoms. The van der Waals surface area contributed by atoms with Gasteiger partial charge in [-0.3, -0.25) is 4.98 Å². The molecule has 76 valence electrons. The van der Waals surface area contributed by atoms with Gasteiger partial charge >= 0.3 is 0 Å². The van der Waals surface area contributed by atoms with Crippen molar-refractivity contribution in [2.24, 2.45) is 0 Å². The highest BCUT2D eigenvalue weighted by Crippen LogP contribution is 2.21. The first-order valence-electron chi connectivity index (χ1n) is 4.62. The van der Waals surface area contributed by atoms with Gasteiger partial charge < -0.3 is 5.11 Å². The van der Waals surface area contributed by atoms with Crippen LogP contribution in [0.5, 0.6) is 0 Å². The van der Waals surface area contributed by atoms with Gasteiger partial charge in [-0.2, -0.15) is 0 Å². The first kappa shape index (κ1) is 10.1. The summed E-state index contributed by atoms with van der Waals surface area (Å²) in [6.45, 7) is 0. The van der Waals surface area contributed by atoms with Crippen molar-refractivity contribution in [3.05, 3.63) is 64.9 Å². The smallest absolute Gasteiger partial charge is 0.121 e. The van der Waals surface area contributed by atoms with Crippen LogP contribution in [0.1, 0.15) is 17.4 Å². The number of rotatable bonds is 2. The second-order valence-corrected chi connectivity index (χ2v) is 3.65. The van der Waals surface area contributed by atoms with Gasteiger partial charge in [0.25, 0.3) is 0 Å². The Morgan fingerprint density at radius 2 is 1.87 bits per heavy atom. The molecule has 3 heteroatoms. The predicted octanol–water partition coefficient (Wildman–Crippen LogP) is 2.82. The molecule has 1 N–H and O–H groups in total. The molecule has 0 amide bonds. The fraction of sp³-hybridized carbons (Fsp3) is 0.0833. The second-order valence-electron chi connectivity index (χ2n) is 3.21. The Hall–Kier alpha value is -1.38. The summed E-state index contributed by atoms with van der Waals surface area (Å²) in [6, 6.07) is 12.7.